The van der Waals surface area contributed by atoms with Crippen LogP contribution in [0.15, 0.2) is 36.5 Å². The zero-order valence-electron chi connectivity index (χ0n) is 14.2. The predicted molar refractivity (Wildman–Crippen MR) is 102 cm³/mol. The van der Waals surface area contributed by atoms with Gasteiger partial charge in [-0.05, 0) is 30.3 Å². The lowest BCUT2D eigenvalue weighted by Crippen LogP contribution is -2.50. The second-order valence-corrected chi connectivity index (χ2v) is 6.88. The molecule has 1 aliphatic rings. The van der Waals surface area contributed by atoms with E-state index in [1.54, 1.807) is 53.3 Å². The number of carbonyl (C=O) groups excluding carboxylic acids is 2. The monoisotopic (exact) mass is 392 g/mol. The summed E-state index contributed by atoms with van der Waals surface area (Å²) in [4.78, 5) is 31.8. The maximum absolute atomic E-state index is 12.7. The summed E-state index contributed by atoms with van der Waals surface area (Å²) in [7, 11) is 0. The second kappa shape index (κ2) is 7.93. The Labute approximate surface area is 161 Å². The van der Waals surface area contributed by atoms with Crippen LogP contribution in [0.5, 0.6) is 0 Å². The smallest absolute Gasteiger partial charge is 0.254 e. The molecule has 0 bridgehead atoms. The number of amides is 2. The molecule has 0 aliphatic carbocycles. The summed E-state index contributed by atoms with van der Waals surface area (Å²) in [5, 5.41) is 4.12. The zero-order chi connectivity index (χ0) is 18.7. The van der Waals surface area contributed by atoms with Crippen molar-refractivity contribution in [3.05, 3.63) is 52.1 Å². The van der Waals surface area contributed by atoms with Crippen molar-refractivity contribution in [2.45, 2.75) is 6.92 Å². The third-order valence-corrected chi connectivity index (χ3v) is 4.59. The van der Waals surface area contributed by atoms with E-state index in [1.165, 1.54) is 0 Å². The van der Waals surface area contributed by atoms with Crippen molar-refractivity contribution in [2.75, 3.05) is 31.5 Å². The van der Waals surface area contributed by atoms with E-state index in [1.807, 2.05) is 0 Å². The fourth-order valence-electron chi connectivity index (χ4n) is 2.81. The summed E-state index contributed by atoms with van der Waals surface area (Å²) in [6, 6.07) is 8.46. The number of benzene rings is 1. The Morgan fingerprint density at radius 3 is 2.23 bits per heavy atom. The van der Waals surface area contributed by atoms with Crippen LogP contribution in [0.4, 0.5) is 11.5 Å². The molecule has 136 valence electrons. The number of anilines is 2. The van der Waals surface area contributed by atoms with Crippen LogP contribution in [0.1, 0.15) is 17.3 Å². The van der Waals surface area contributed by atoms with Gasteiger partial charge in [0.15, 0.2) is 0 Å². The highest BCUT2D eigenvalue weighted by atomic mass is 35.5. The first-order valence-electron chi connectivity index (χ1n) is 8.16. The lowest BCUT2D eigenvalue weighted by molar-refractivity contribution is -0.130. The van der Waals surface area contributed by atoms with Gasteiger partial charge >= 0.3 is 0 Å². The summed E-state index contributed by atoms with van der Waals surface area (Å²) >= 11 is 12.0. The van der Waals surface area contributed by atoms with E-state index < -0.39 is 0 Å². The molecule has 1 aromatic heterocycles. The molecule has 0 atom stereocenters. The van der Waals surface area contributed by atoms with Crippen molar-refractivity contribution in [1.82, 2.24) is 14.8 Å². The van der Waals surface area contributed by atoms with Gasteiger partial charge in [0.1, 0.15) is 5.82 Å². The summed E-state index contributed by atoms with van der Waals surface area (Å²) in [6.07, 6.45) is 1.58. The Morgan fingerprint density at radius 2 is 1.62 bits per heavy atom. The first-order chi connectivity index (χ1) is 12.4. The van der Waals surface area contributed by atoms with E-state index in [0.29, 0.717) is 53.3 Å². The van der Waals surface area contributed by atoms with Gasteiger partial charge in [-0.3, -0.25) is 9.59 Å². The quantitative estimate of drug-likeness (QED) is 0.868. The molecule has 1 fully saturated rings. The van der Waals surface area contributed by atoms with Crippen LogP contribution < -0.4 is 5.32 Å². The summed E-state index contributed by atoms with van der Waals surface area (Å²) in [5.74, 6) is 0.479. The maximum Gasteiger partial charge on any atom is 0.254 e. The number of hydrogen-bond donors (Lipinski definition) is 1. The minimum atomic E-state index is -0.0808. The predicted octanol–water partition coefficient (Wildman–Crippen LogP) is 3.44. The lowest BCUT2D eigenvalue weighted by Gasteiger charge is -2.34. The molecule has 1 N–H and O–H groups in total. The maximum atomic E-state index is 12.7. The second-order valence-electron chi connectivity index (χ2n) is 6.01. The molecule has 6 nitrogen and oxygen atoms in total. The van der Waals surface area contributed by atoms with Crippen molar-refractivity contribution in [3.63, 3.8) is 0 Å². The highest BCUT2D eigenvalue weighted by molar-refractivity contribution is 6.35. The summed E-state index contributed by atoms with van der Waals surface area (Å²) in [6.45, 7) is 3.69. The van der Waals surface area contributed by atoms with E-state index >= 15 is 0 Å². The molecular weight excluding hydrogens is 375 g/mol. The van der Waals surface area contributed by atoms with E-state index in [0.717, 1.165) is 0 Å². The standard InChI is InChI=1S/C18H18Cl2N4O2/c1-12(25)23-4-6-24(7-5-23)18(26)13-2-3-21-17(8-13)22-16-10-14(19)9-15(20)11-16/h2-3,8-11H,4-7H2,1H3,(H,21,22). The summed E-state index contributed by atoms with van der Waals surface area (Å²) in [5.41, 5.74) is 1.22. The zero-order valence-corrected chi connectivity index (χ0v) is 15.7. The largest absolute Gasteiger partial charge is 0.340 e. The number of carbonyl (C=O) groups is 2. The van der Waals surface area contributed by atoms with Gasteiger partial charge in [-0.25, -0.2) is 4.98 Å². The van der Waals surface area contributed by atoms with Crippen molar-refractivity contribution < 1.29 is 9.59 Å². The van der Waals surface area contributed by atoms with Gasteiger partial charge in [0.05, 0.1) is 0 Å². The number of hydrogen-bond acceptors (Lipinski definition) is 4. The van der Waals surface area contributed by atoms with Crippen LogP contribution in [0, 0.1) is 0 Å². The normalized spacial score (nSPS) is 14.3. The molecule has 0 radical (unpaired) electrons. The molecule has 2 heterocycles. The number of aromatic nitrogens is 1. The van der Waals surface area contributed by atoms with Gasteiger partial charge in [0, 0.05) is 60.6 Å². The van der Waals surface area contributed by atoms with Gasteiger partial charge < -0.3 is 15.1 Å². The number of nitrogens with one attached hydrogen (secondary N) is 1. The molecule has 8 heteroatoms. The molecule has 1 saturated heterocycles. The number of nitrogens with zero attached hydrogens (tertiary/aromatic N) is 3. The minimum absolute atomic E-state index is 0.0349. The molecule has 0 unspecified atom stereocenters. The van der Waals surface area contributed by atoms with Crippen molar-refractivity contribution in [3.8, 4) is 0 Å². The van der Waals surface area contributed by atoms with Crippen molar-refractivity contribution in [2.24, 2.45) is 0 Å². The van der Waals surface area contributed by atoms with Gasteiger partial charge in [0.25, 0.3) is 5.91 Å². The van der Waals surface area contributed by atoms with E-state index in [4.69, 9.17) is 23.2 Å². The van der Waals surface area contributed by atoms with E-state index in [2.05, 4.69) is 10.3 Å². The molecule has 1 aromatic carbocycles. The molecule has 2 aromatic rings. The van der Waals surface area contributed by atoms with Crippen LogP contribution in [0.25, 0.3) is 0 Å². The minimum Gasteiger partial charge on any atom is -0.340 e. The first kappa shape index (κ1) is 18.5. The third-order valence-electron chi connectivity index (χ3n) is 4.15. The molecule has 0 spiro atoms. The highest BCUT2D eigenvalue weighted by Gasteiger charge is 2.23. The fraction of sp³-hybridized carbons (Fsp3) is 0.278. The van der Waals surface area contributed by atoms with Crippen molar-refractivity contribution in [1.29, 1.82) is 0 Å². The molecule has 26 heavy (non-hydrogen) atoms. The molecular formula is C18H18Cl2N4O2. The first-order valence-corrected chi connectivity index (χ1v) is 8.92. The SMILES string of the molecule is CC(=O)N1CCN(C(=O)c2ccnc(Nc3cc(Cl)cc(Cl)c3)c2)CC1. The van der Waals surface area contributed by atoms with Gasteiger partial charge in [0.2, 0.25) is 5.91 Å². The van der Waals surface area contributed by atoms with Crippen LogP contribution in [-0.2, 0) is 4.79 Å². The Hall–Kier alpha value is -2.31. The van der Waals surface area contributed by atoms with Crippen LogP contribution in [-0.4, -0.2) is 52.8 Å². The topological polar surface area (TPSA) is 65.5 Å². The number of halogens is 2. The number of rotatable bonds is 3. The lowest BCUT2D eigenvalue weighted by atomic mass is 10.2. The van der Waals surface area contributed by atoms with Gasteiger partial charge in [-0.1, -0.05) is 23.2 Å². The average Bonchev–Trinajstić information content (AvgIpc) is 2.60. The van der Waals surface area contributed by atoms with Crippen LogP contribution >= 0.6 is 23.2 Å². The fourth-order valence-corrected chi connectivity index (χ4v) is 3.34. The Balaban J connectivity index is 1.71. The Bertz CT molecular complexity index is 815. The summed E-state index contributed by atoms with van der Waals surface area (Å²) < 4.78 is 0. The van der Waals surface area contributed by atoms with Crippen LogP contribution in [0.2, 0.25) is 10.0 Å². The molecule has 0 saturated carbocycles. The number of pyridine rings is 1. The molecule has 3 rings (SSSR count). The van der Waals surface area contributed by atoms with E-state index in [9.17, 15) is 9.59 Å². The van der Waals surface area contributed by atoms with Crippen LogP contribution in [0.3, 0.4) is 0 Å². The Morgan fingerprint density at radius 1 is 1.00 bits per heavy atom. The Kier molecular flexibility index (Phi) is 5.64. The average molecular weight is 393 g/mol. The highest BCUT2D eigenvalue weighted by Crippen LogP contribution is 2.25. The molecule has 2 amide bonds. The van der Waals surface area contributed by atoms with Gasteiger partial charge in [-0.2, -0.15) is 0 Å². The van der Waals surface area contributed by atoms with E-state index in [-0.39, 0.29) is 11.8 Å². The third kappa shape index (κ3) is 4.45. The number of piperazine rings is 1. The molecule has 1 aliphatic heterocycles. The van der Waals surface area contributed by atoms with Gasteiger partial charge in [-0.15, -0.1) is 0 Å². The van der Waals surface area contributed by atoms with Crippen molar-refractivity contribution >= 4 is 46.5 Å².